The van der Waals surface area contributed by atoms with Gasteiger partial charge in [-0.1, -0.05) is 18.7 Å². The molecule has 1 N–H and O–H groups in total. The number of aromatic nitrogens is 4. The van der Waals surface area contributed by atoms with Gasteiger partial charge in [0.05, 0.1) is 12.5 Å². The lowest BCUT2D eigenvalue weighted by Gasteiger charge is -2.23. The minimum absolute atomic E-state index is 0.0341. The molecule has 0 saturated carbocycles. The second kappa shape index (κ2) is 7.33. The van der Waals surface area contributed by atoms with Gasteiger partial charge in [-0.05, 0) is 24.1 Å². The van der Waals surface area contributed by atoms with E-state index in [1.807, 2.05) is 30.7 Å². The minimum Gasteiger partial charge on any atom is -0.467 e. The van der Waals surface area contributed by atoms with Gasteiger partial charge in [0.25, 0.3) is 0 Å². The maximum Gasteiger partial charge on any atom is 0.226 e. The molecule has 0 aromatic carbocycles. The molecule has 0 bridgehead atoms. The van der Waals surface area contributed by atoms with Gasteiger partial charge >= 0.3 is 0 Å². The molecule has 8 heteroatoms. The molecule has 3 aromatic rings. The first-order valence-electron chi connectivity index (χ1n) is 8.57. The fraction of sp³-hybridized carbons (Fsp3) is 0.333. The smallest absolute Gasteiger partial charge is 0.226 e. The summed E-state index contributed by atoms with van der Waals surface area (Å²) in [5.74, 6) is 2.37. The molecule has 0 spiro atoms. The van der Waals surface area contributed by atoms with Gasteiger partial charge in [0.2, 0.25) is 5.91 Å². The summed E-state index contributed by atoms with van der Waals surface area (Å²) in [6.45, 7) is 2.60. The number of hydrogen-bond donors (Lipinski definition) is 1. The van der Waals surface area contributed by atoms with Gasteiger partial charge in [-0.15, -0.1) is 0 Å². The van der Waals surface area contributed by atoms with E-state index in [9.17, 15) is 4.79 Å². The number of rotatable bonds is 6. The Kier molecular flexibility index (Phi) is 4.75. The Labute approximate surface area is 155 Å². The molecule has 1 atom stereocenters. The van der Waals surface area contributed by atoms with E-state index in [4.69, 9.17) is 4.42 Å². The molecule has 7 nitrogen and oxygen atoms in total. The van der Waals surface area contributed by atoms with Crippen LogP contribution in [-0.4, -0.2) is 31.4 Å². The molecule has 3 aromatic heterocycles. The molecule has 0 unspecified atom stereocenters. The lowest BCUT2D eigenvalue weighted by Crippen LogP contribution is -2.25. The summed E-state index contributed by atoms with van der Waals surface area (Å²) in [5, 5.41) is 8.14. The van der Waals surface area contributed by atoms with Crippen LogP contribution in [-0.2, 0) is 11.3 Å². The van der Waals surface area contributed by atoms with E-state index in [1.165, 1.54) is 0 Å². The molecule has 0 fully saturated rings. The van der Waals surface area contributed by atoms with Crippen LogP contribution in [0.4, 0.5) is 5.82 Å². The summed E-state index contributed by atoms with van der Waals surface area (Å²) in [7, 11) is 0. The number of anilines is 1. The third kappa shape index (κ3) is 3.37. The maximum atomic E-state index is 12.2. The maximum absolute atomic E-state index is 12.2. The normalized spacial score (nSPS) is 16.3. The Balaban J connectivity index is 1.61. The summed E-state index contributed by atoms with van der Waals surface area (Å²) in [6.07, 6.45) is 8.52. The molecule has 1 aliphatic heterocycles. The van der Waals surface area contributed by atoms with Gasteiger partial charge in [0, 0.05) is 36.0 Å². The highest BCUT2D eigenvalue weighted by Gasteiger charge is 2.30. The highest BCUT2D eigenvalue weighted by atomic mass is 32.2. The van der Waals surface area contributed by atoms with Crippen LogP contribution < -0.4 is 5.32 Å². The standard InChI is InChI=1S/C18H19N5O2S/c1-2-6-26-18-19-8-12(9-20-18)14-7-16(24)22-17-15(14)10-21-23(17)11-13-4-3-5-25-13/h3-5,8-10,14H,2,6-7,11H2,1H3,(H,22,24)/t14-/m0/s1. The van der Waals surface area contributed by atoms with Crippen LogP contribution in [0.2, 0.25) is 0 Å². The van der Waals surface area contributed by atoms with Crippen LogP contribution >= 0.6 is 11.8 Å². The molecule has 0 saturated heterocycles. The van der Waals surface area contributed by atoms with Crippen molar-refractivity contribution in [1.29, 1.82) is 0 Å². The second-order valence-corrected chi connectivity index (χ2v) is 7.20. The molecular formula is C18H19N5O2S. The van der Waals surface area contributed by atoms with Crippen molar-refractivity contribution >= 4 is 23.5 Å². The third-order valence-corrected chi connectivity index (χ3v) is 5.34. The molecule has 0 aliphatic carbocycles. The zero-order chi connectivity index (χ0) is 17.9. The molecule has 26 heavy (non-hydrogen) atoms. The first-order valence-corrected chi connectivity index (χ1v) is 9.56. The number of carbonyl (C=O) groups excluding carboxylic acids is 1. The monoisotopic (exact) mass is 369 g/mol. The van der Waals surface area contributed by atoms with Crippen molar-refractivity contribution in [3.8, 4) is 0 Å². The summed E-state index contributed by atoms with van der Waals surface area (Å²) in [4.78, 5) is 21.1. The van der Waals surface area contributed by atoms with Gasteiger partial charge in [-0.25, -0.2) is 14.6 Å². The van der Waals surface area contributed by atoms with Gasteiger partial charge in [0.15, 0.2) is 5.16 Å². The molecular weight excluding hydrogens is 350 g/mol. The van der Waals surface area contributed by atoms with Crippen molar-refractivity contribution in [2.45, 2.75) is 37.4 Å². The highest BCUT2D eigenvalue weighted by molar-refractivity contribution is 7.99. The predicted molar refractivity (Wildman–Crippen MR) is 98.2 cm³/mol. The summed E-state index contributed by atoms with van der Waals surface area (Å²) in [6, 6.07) is 3.72. The first kappa shape index (κ1) is 16.8. The number of nitrogens with zero attached hydrogens (tertiary/aromatic N) is 4. The fourth-order valence-corrected chi connectivity index (χ4v) is 3.65. The Hall–Kier alpha value is -2.61. The molecule has 0 radical (unpaired) electrons. The Bertz CT molecular complexity index is 889. The average molecular weight is 369 g/mol. The van der Waals surface area contributed by atoms with Gasteiger partial charge < -0.3 is 9.73 Å². The molecule has 1 aliphatic rings. The van der Waals surface area contributed by atoms with Crippen molar-refractivity contribution in [3.63, 3.8) is 0 Å². The number of amides is 1. The van der Waals surface area contributed by atoms with Gasteiger partial charge in [-0.2, -0.15) is 5.10 Å². The zero-order valence-corrected chi connectivity index (χ0v) is 15.2. The van der Waals surface area contributed by atoms with Crippen LogP contribution in [0.1, 0.15) is 42.6 Å². The van der Waals surface area contributed by atoms with E-state index in [1.54, 1.807) is 22.7 Å². The number of furan rings is 1. The summed E-state index contributed by atoms with van der Waals surface area (Å²) in [5.41, 5.74) is 1.91. The number of thioether (sulfide) groups is 1. The average Bonchev–Trinajstić information content (AvgIpc) is 3.31. The van der Waals surface area contributed by atoms with Crippen molar-refractivity contribution in [2.75, 3.05) is 11.1 Å². The Morgan fingerprint density at radius 2 is 2.19 bits per heavy atom. The van der Waals surface area contributed by atoms with E-state index in [0.717, 1.165) is 34.2 Å². The Morgan fingerprint density at radius 3 is 2.92 bits per heavy atom. The summed E-state index contributed by atoms with van der Waals surface area (Å²) < 4.78 is 7.14. The molecule has 134 valence electrons. The molecule has 1 amide bonds. The van der Waals surface area contributed by atoms with Gasteiger partial charge in [-0.3, -0.25) is 4.79 Å². The predicted octanol–water partition coefficient (Wildman–Crippen LogP) is 3.29. The highest BCUT2D eigenvalue weighted by Crippen LogP contribution is 2.37. The van der Waals surface area contributed by atoms with E-state index in [0.29, 0.717) is 18.8 Å². The van der Waals surface area contributed by atoms with Crippen LogP contribution in [0.3, 0.4) is 0 Å². The lowest BCUT2D eigenvalue weighted by atomic mass is 9.89. The summed E-state index contributed by atoms with van der Waals surface area (Å²) >= 11 is 1.64. The van der Waals surface area contributed by atoms with Crippen molar-refractivity contribution in [3.05, 3.63) is 53.9 Å². The third-order valence-electron chi connectivity index (χ3n) is 4.26. The fourth-order valence-electron chi connectivity index (χ4n) is 3.01. The lowest BCUT2D eigenvalue weighted by molar-refractivity contribution is -0.116. The van der Waals surface area contributed by atoms with E-state index < -0.39 is 0 Å². The SMILES string of the molecule is CCCSc1ncc([C@@H]2CC(=O)Nc3c2cnn3Cc2ccco2)cn1. The van der Waals surface area contributed by atoms with E-state index in [2.05, 4.69) is 27.3 Å². The van der Waals surface area contributed by atoms with Crippen molar-refractivity contribution < 1.29 is 9.21 Å². The molecule has 4 rings (SSSR count). The van der Waals surface area contributed by atoms with Crippen LogP contribution in [0.25, 0.3) is 0 Å². The van der Waals surface area contributed by atoms with E-state index >= 15 is 0 Å². The largest absolute Gasteiger partial charge is 0.467 e. The number of fused-ring (bicyclic) bond motifs is 1. The zero-order valence-electron chi connectivity index (χ0n) is 14.4. The second-order valence-electron chi connectivity index (χ2n) is 6.14. The van der Waals surface area contributed by atoms with Gasteiger partial charge in [0.1, 0.15) is 18.1 Å². The molecule has 4 heterocycles. The number of carbonyl (C=O) groups is 1. The Morgan fingerprint density at radius 1 is 1.35 bits per heavy atom. The van der Waals surface area contributed by atoms with Crippen LogP contribution in [0.15, 0.2) is 46.6 Å². The topological polar surface area (TPSA) is 85.8 Å². The number of nitrogens with one attached hydrogen (secondary N) is 1. The number of hydrogen-bond acceptors (Lipinski definition) is 6. The van der Waals surface area contributed by atoms with E-state index in [-0.39, 0.29) is 11.8 Å². The first-order chi connectivity index (χ1) is 12.7. The van der Waals surface area contributed by atoms with Crippen molar-refractivity contribution in [2.24, 2.45) is 0 Å². The van der Waals surface area contributed by atoms with Crippen molar-refractivity contribution in [1.82, 2.24) is 19.7 Å². The van der Waals surface area contributed by atoms with Crippen LogP contribution in [0, 0.1) is 0 Å². The van der Waals surface area contributed by atoms with Crippen LogP contribution in [0.5, 0.6) is 0 Å². The quantitative estimate of drug-likeness (QED) is 0.530. The minimum atomic E-state index is -0.0886.